The highest BCUT2D eigenvalue weighted by atomic mass is 16.2. The molecule has 0 aliphatic carbocycles. The minimum Gasteiger partial charge on any atom is -0.334 e. The summed E-state index contributed by atoms with van der Waals surface area (Å²) in [6, 6.07) is 10.4. The Morgan fingerprint density at radius 3 is 2.58 bits per heavy atom. The van der Waals surface area contributed by atoms with Crippen LogP contribution in [0.1, 0.15) is 42.4 Å². The Bertz CT molecular complexity index is 722. The molecule has 0 bridgehead atoms. The van der Waals surface area contributed by atoms with Crippen molar-refractivity contribution in [1.29, 1.82) is 0 Å². The van der Waals surface area contributed by atoms with Crippen LogP contribution < -0.4 is 5.32 Å². The number of nitrogens with one attached hydrogen (secondary N) is 1. The summed E-state index contributed by atoms with van der Waals surface area (Å²) >= 11 is 0. The van der Waals surface area contributed by atoms with Crippen LogP contribution >= 0.6 is 0 Å². The largest absolute Gasteiger partial charge is 0.334 e. The lowest BCUT2D eigenvalue weighted by Gasteiger charge is -2.46. The Kier molecular flexibility index (Phi) is 4.60. The van der Waals surface area contributed by atoms with Gasteiger partial charge in [0.2, 0.25) is 0 Å². The summed E-state index contributed by atoms with van der Waals surface area (Å²) in [5.74, 6) is 0.490. The summed E-state index contributed by atoms with van der Waals surface area (Å²) in [6.07, 6.45) is 0. The standard InChI is InChI=1S/C19H26N4O/c1-5-23-15(4)17(14(3)21-23)11-20-19(24)22-12-13(2)18(22)16-9-7-6-8-10-16/h6-10,13,18H,5,11-12H2,1-4H3,(H,20,24)/t13-,18-/m0/s1. The monoisotopic (exact) mass is 326 g/mol. The minimum absolute atomic E-state index is 0.00463. The van der Waals surface area contributed by atoms with E-state index in [1.165, 1.54) is 5.56 Å². The van der Waals surface area contributed by atoms with Crippen LogP contribution in [0.15, 0.2) is 30.3 Å². The SMILES string of the molecule is CCn1nc(C)c(CNC(=O)N2C[C@H](C)[C@H]2c2ccccc2)c1C. The molecular weight excluding hydrogens is 300 g/mol. The van der Waals surface area contributed by atoms with E-state index in [9.17, 15) is 4.79 Å². The maximum absolute atomic E-state index is 12.6. The molecule has 1 N–H and O–H groups in total. The molecule has 0 radical (unpaired) electrons. The lowest BCUT2D eigenvalue weighted by molar-refractivity contribution is 0.0590. The first-order valence-corrected chi connectivity index (χ1v) is 8.65. The van der Waals surface area contributed by atoms with Gasteiger partial charge in [-0.1, -0.05) is 37.3 Å². The molecule has 1 saturated heterocycles. The quantitative estimate of drug-likeness (QED) is 0.936. The molecule has 0 saturated carbocycles. The number of nitrogens with zero attached hydrogens (tertiary/aromatic N) is 3. The van der Waals surface area contributed by atoms with Crippen LogP contribution in [0.25, 0.3) is 0 Å². The van der Waals surface area contributed by atoms with E-state index in [1.807, 2.05) is 34.7 Å². The summed E-state index contributed by atoms with van der Waals surface area (Å²) in [5, 5.41) is 7.59. The molecule has 5 nitrogen and oxygen atoms in total. The molecule has 2 amide bonds. The molecule has 24 heavy (non-hydrogen) atoms. The van der Waals surface area contributed by atoms with Crippen molar-refractivity contribution in [3.05, 3.63) is 52.8 Å². The molecule has 1 aromatic heterocycles. The Hall–Kier alpha value is -2.30. The van der Waals surface area contributed by atoms with Gasteiger partial charge in [-0.15, -0.1) is 0 Å². The molecule has 0 spiro atoms. The summed E-state index contributed by atoms with van der Waals surface area (Å²) in [7, 11) is 0. The zero-order valence-electron chi connectivity index (χ0n) is 14.9. The summed E-state index contributed by atoms with van der Waals surface area (Å²) < 4.78 is 1.98. The number of benzene rings is 1. The van der Waals surface area contributed by atoms with Crippen LogP contribution in [0.5, 0.6) is 0 Å². The van der Waals surface area contributed by atoms with Crippen LogP contribution in [0.2, 0.25) is 0 Å². The third kappa shape index (κ3) is 2.90. The van der Waals surface area contributed by atoms with Crippen molar-refractivity contribution < 1.29 is 4.79 Å². The first-order chi connectivity index (χ1) is 11.5. The van der Waals surface area contributed by atoms with Crippen LogP contribution in [0.3, 0.4) is 0 Å². The number of amides is 2. The molecule has 1 aliphatic rings. The zero-order valence-corrected chi connectivity index (χ0v) is 14.9. The van der Waals surface area contributed by atoms with Crippen LogP contribution in [-0.4, -0.2) is 27.3 Å². The number of hydrogen-bond acceptors (Lipinski definition) is 2. The van der Waals surface area contributed by atoms with Crippen molar-refractivity contribution in [3.63, 3.8) is 0 Å². The van der Waals surface area contributed by atoms with Gasteiger partial charge in [0.05, 0.1) is 11.7 Å². The lowest BCUT2D eigenvalue weighted by atomic mass is 9.85. The molecule has 5 heteroatoms. The number of hydrogen-bond donors (Lipinski definition) is 1. The van der Waals surface area contributed by atoms with Gasteiger partial charge >= 0.3 is 6.03 Å². The fourth-order valence-electron chi connectivity index (χ4n) is 3.62. The van der Waals surface area contributed by atoms with Gasteiger partial charge < -0.3 is 10.2 Å². The number of urea groups is 1. The highest BCUT2D eigenvalue weighted by Crippen LogP contribution is 2.38. The Morgan fingerprint density at radius 1 is 1.29 bits per heavy atom. The van der Waals surface area contributed by atoms with Gasteiger partial charge in [0.1, 0.15) is 0 Å². The molecule has 1 aromatic carbocycles. The van der Waals surface area contributed by atoms with E-state index in [-0.39, 0.29) is 12.1 Å². The third-order valence-electron chi connectivity index (χ3n) is 5.01. The van der Waals surface area contributed by atoms with Crippen molar-refractivity contribution in [2.45, 2.75) is 46.8 Å². The van der Waals surface area contributed by atoms with Crippen LogP contribution in [0, 0.1) is 19.8 Å². The van der Waals surface area contributed by atoms with Crippen molar-refractivity contribution in [1.82, 2.24) is 20.0 Å². The van der Waals surface area contributed by atoms with E-state index >= 15 is 0 Å². The highest BCUT2D eigenvalue weighted by Gasteiger charge is 2.39. The average Bonchev–Trinajstić information content (AvgIpc) is 2.85. The van der Waals surface area contributed by atoms with Gasteiger partial charge in [0, 0.05) is 30.9 Å². The normalized spacial score (nSPS) is 19.9. The van der Waals surface area contributed by atoms with E-state index in [0.29, 0.717) is 12.5 Å². The maximum atomic E-state index is 12.6. The van der Waals surface area contributed by atoms with E-state index in [2.05, 4.69) is 43.3 Å². The average molecular weight is 326 g/mol. The Balaban J connectivity index is 1.67. The van der Waals surface area contributed by atoms with Crippen molar-refractivity contribution in [2.75, 3.05) is 6.54 Å². The van der Waals surface area contributed by atoms with E-state index in [0.717, 1.165) is 30.0 Å². The number of aromatic nitrogens is 2. The maximum Gasteiger partial charge on any atom is 0.318 e. The van der Waals surface area contributed by atoms with Gasteiger partial charge in [0.15, 0.2) is 0 Å². The molecule has 2 heterocycles. The summed E-state index contributed by atoms with van der Waals surface area (Å²) in [5.41, 5.74) is 4.45. The predicted molar refractivity (Wildman–Crippen MR) is 94.7 cm³/mol. The summed E-state index contributed by atoms with van der Waals surface area (Å²) in [6.45, 7) is 10.5. The van der Waals surface area contributed by atoms with Crippen LogP contribution in [0.4, 0.5) is 4.79 Å². The predicted octanol–water partition coefficient (Wildman–Crippen LogP) is 3.42. The minimum atomic E-state index is 0.00463. The van der Waals surface area contributed by atoms with Gasteiger partial charge in [-0.25, -0.2) is 4.79 Å². The smallest absolute Gasteiger partial charge is 0.318 e. The third-order valence-corrected chi connectivity index (χ3v) is 5.01. The van der Waals surface area contributed by atoms with Crippen LogP contribution in [-0.2, 0) is 13.1 Å². The van der Waals surface area contributed by atoms with E-state index < -0.39 is 0 Å². The van der Waals surface area contributed by atoms with Crippen molar-refractivity contribution in [3.8, 4) is 0 Å². The van der Waals surface area contributed by atoms with E-state index in [1.54, 1.807) is 0 Å². The van der Waals surface area contributed by atoms with Crippen molar-refractivity contribution >= 4 is 6.03 Å². The molecule has 128 valence electrons. The highest BCUT2D eigenvalue weighted by molar-refractivity contribution is 5.76. The van der Waals surface area contributed by atoms with Crippen molar-refractivity contribution in [2.24, 2.45) is 5.92 Å². The zero-order chi connectivity index (χ0) is 17.3. The fourth-order valence-corrected chi connectivity index (χ4v) is 3.62. The molecule has 0 unspecified atom stereocenters. The Labute approximate surface area is 143 Å². The second-order valence-corrected chi connectivity index (χ2v) is 6.61. The molecule has 1 aliphatic heterocycles. The number of carbonyl (C=O) groups is 1. The number of likely N-dealkylation sites (tertiary alicyclic amines) is 1. The number of carbonyl (C=O) groups excluding carboxylic acids is 1. The second-order valence-electron chi connectivity index (χ2n) is 6.61. The molecular formula is C19H26N4O. The number of rotatable bonds is 4. The van der Waals surface area contributed by atoms with E-state index in [4.69, 9.17) is 0 Å². The molecule has 2 aromatic rings. The molecule has 1 fully saturated rings. The fraction of sp³-hybridized carbons (Fsp3) is 0.474. The van der Waals surface area contributed by atoms with Gasteiger partial charge in [-0.05, 0) is 32.3 Å². The second kappa shape index (κ2) is 6.67. The van der Waals surface area contributed by atoms with Gasteiger partial charge in [-0.3, -0.25) is 4.68 Å². The Morgan fingerprint density at radius 2 is 2.00 bits per heavy atom. The lowest BCUT2D eigenvalue weighted by Crippen LogP contribution is -2.54. The molecule has 3 rings (SSSR count). The molecule has 2 atom stereocenters. The number of aryl methyl sites for hydroxylation is 2. The first-order valence-electron chi connectivity index (χ1n) is 8.65. The topological polar surface area (TPSA) is 50.2 Å². The summed E-state index contributed by atoms with van der Waals surface area (Å²) in [4.78, 5) is 14.5. The van der Waals surface area contributed by atoms with Gasteiger partial charge in [-0.2, -0.15) is 5.10 Å². The van der Waals surface area contributed by atoms with Gasteiger partial charge in [0.25, 0.3) is 0 Å². The first kappa shape index (κ1) is 16.6.